The number of amides is 1. The molecule has 0 spiro atoms. The molecule has 2 aromatic heterocycles. The van der Waals surface area contributed by atoms with Crippen molar-refractivity contribution in [3.8, 4) is 0 Å². The van der Waals surface area contributed by atoms with E-state index in [-0.39, 0.29) is 32.2 Å². The molecule has 0 aliphatic heterocycles. The van der Waals surface area contributed by atoms with Gasteiger partial charge in [0.25, 0.3) is 5.91 Å². The normalized spacial score (nSPS) is 11.2. The molecule has 0 saturated heterocycles. The van der Waals surface area contributed by atoms with Crippen molar-refractivity contribution in [2.75, 3.05) is 6.61 Å². The zero-order valence-electron chi connectivity index (χ0n) is 21.7. The molecule has 4 aromatic rings. The lowest BCUT2D eigenvalue weighted by Crippen LogP contribution is -2.24. The predicted octanol–water partition coefficient (Wildman–Crippen LogP) is 6.26. The molecule has 1 amide bonds. The van der Waals surface area contributed by atoms with Crippen molar-refractivity contribution >= 4 is 22.8 Å². The van der Waals surface area contributed by atoms with Crippen molar-refractivity contribution in [1.29, 1.82) is 0 Å². The fourth-order valence-electron chi connectivity index (χ4n) is 4.63. The topological polar surface area (TPSA) is 73.2 Å². The first-order valence-electron chi connectivity index (χ1n) is 12.6. The third-order valence-corrected chi connectivity index (χ3v) is 6.39. The van der Waals surface area contributed by atoms with Crippen molar-refractivity contribution in [3.05, 3.63) is 100 Å². The highest BCUT2D eigenvalue weighted by molar-refractivity contribution is 6.10. The molecule has 0 aliphatic rings. The third kappa shape index (κ3) is 5.56. The molecule has 4 rings (SSSR count). The Kier molecular flexibility index (Phi) is 8.01. The van der Waals surface area contributed by atoms with Gasteiger partial charge in [0.2, 0.25) is 0 Å². The SMILES string of the molecule is CCOC(=O)c1ccc2c(C(=O)NCc3ccc(CC)c(F)c3)c(C(C)C)n(Cc3ccccn3)c2c1.[HH]. The number of ether oxygens (including phenoxy) is 1. The van der Waals surface area contributed by atoms with E-state index in [1.165, 1.54) is 6.07 Å². The maximum absolute atomic E-state index is 14.3. The number of nitrogens with one attached hydrogen (secondary N) is 1. The minimum Gasteiger partial charge on any atom is -0.462 e. The molecule has 7 heteroatoms. The molecule has 2 aromatic carbocycles. The van der Waals surface area contributed by atoms with Crippen molar-refractivity contribution in [2.24, 2.45) is 0 Å². The second-order valence-corrected chi connectivity index (χ2v) is 9.24. The van der Waals surface area contributed by atoms with Gasteiger partial charge in [-0.2, -0.15) is 0 Å². The summed E-state index contributed by atoms with van der Waals surface area (Å²) in [7, 11) is 0. The summed E-state index contributed by atoms with van der Waals surface area (Å²) in [6.45, 7) is 8.65. The number of halogens is 1. The van der Waals surface area contributed by atoms with Gasteiger partial charge in [-0.3, -0.25) is 9.78 Å². The van der Waals surface area contributed by atoms with Gasteiger partial charge < -0.3 is 14.6 Å². The largest absolute Gasteiger partial charge is 0.462 e. The standard InChI is InChI=1S/C30H32FN3O3.H2/c1-5-21-11-10-20(15-25(21)31)17-33-29(35)27-24-13-12-22(30(36)37-6-2)16-26(24)34(28(27)19(3)4)18-23-9-7-8-14-32-23;/h7-16,19H,5-6,17-18H2,1-4H3,(H,33,35);1H. The molecule has 194 valence electrons. The van der Waals surface area contributed by atoms with Gasteiger partial charge in [0.1, 0.15) is 5.82 Å². The number of fused-ring (bicyclic) bond motifs is 1. The number of rotatable bonds is 9. The Morgan fingerprint density at radius 3 is 2.57 bits per heavy atom. The van der Waals surface area contributed by atoms with E-state index in [4.69, 9.17) is 4.74 Å². The summed E-state index contributed by atoms with van der Waals surface area (Å²) in [6, 6.07) is 16.0. The van der Waals surface area contributed by atoms with Gasteiger partial charge in [-0.05, 0) is 60.7 Å². The van der Waals surface area contributed by atoms with Crippen LogP contribution in [0.3, 0.4) is 0 Å². The number of aryl methyl sites for hydroxylation is 1. The molecule has 2 heterocycles. The van der Waals surface area contributed by atoms with Gasteiger partial charge in [0.05, 0.1) is 35.5 Å². The Bertz CT molecular complexity index is 1430. The predicted molar refractivity (Wildman–Crippen MR) is 144 cm³/mol. The number of hydrogen-bond donors (Lipinski definition) is 1. The van der Waals surface area contributed by atoms with Gasteiger partial charge in [-0.1, -0.05) is 45.0 Å². The van der Waals surface area contributed by atoms with Crippen LogP contribution in [0.4, 0.5) is 4.39 Å². The van der Waals surface area contributed by atoms with E-state index in [0.717, 1.165) is 22.3 Å². The van der Waals surface area contributed by atoms with Crippen molar-refractivity contribution in [2.45, 2.75) is 53.1 Å². The molecule has 0 saturated carbocycles. The van der Waals surface area contributed by atoms with E-state index < -0.39 is 5.97 Å². The van der Waals surface area contributed by atoms with Gasteiger partial charge in [0, 0.05) is 25.2 Å². The lowest BCUT2D eigenvalue weighted by molar-refractivity contribution is 0.0526. The van der Waals surface area contributed by atoms with Crippen LogP contribution in [0.2, 0.25) is 0 Å². The van der Waals surface area contributed by atoms with Crippen LogP contribution in [0.15, 0.2) is 60.8 Å². The van der Waals surface area contributed by atoms with Crippen LogP contribution in [0.25, 0.3) is 10.9 Å². The van der Waals surface area contributed by atoms with Crippen LogP contribution in [0, 0.1) is 5.82 Å². The van der Waals surface area contributed by atoms with Crippen LogP contribution in [0.5, 0.6) is 0 Å². The number of esters is 1. The molecule has 37 heavy (non-hydrogen) atoms. The fraction of sp³-hybridized carbons (Fsp3) is 0.300. The average Bonchev–Trinajstić information content (AvgIpc) is 3.21. The smallest absolute Gasteiger partial charge is 0.338 e. The fourth-order valence-corrected chi connectivity index (χ4v) is 4.63. The van der Waals surface area contributed by atoms with Crippen LogP contribution < -0.4 is 5.32 Å². The molecule has 0 fully saturated rings. The maximum atomic E-state index is 14.3. The zero-order chi connectivity index (χ0) is 26.5. The van der Waals surface area contributed by atoms with Crippen molar-refractivity contribution < 1.29 is 20.1 Å². The van der Waals surface area contributed by atoms with Gasteiger partial charge in [0.15, 0.2) is 0 Å². The van der Waals surface area contributed by atoms with E-state index in [9.17, 15) is 14.0 Å². The Hall–Kier alpha value is -4.00. The Balaban J connectivity index is 0.00000400. The van der Waals surface area contributed by atoms with E-state index in [1.54, 1.807) is 37.4 Å². The second kappa shape index (κ2) is 11.4. The van der Waals surface area contributed by atoms with E-state index >= 15 is 0 Å². The van der Waals surface area contributed by atoms with Gasteiger partial charge in [-0.15, -0.1) is 0 Å². The molecule has 0 unspecified atom stereocenters. The quantitative estimate of drug-likeness (QED) is 0.274. The number of benzene rings is 2. The number of nitrogens with zero attached hydrogens (tertiary/aromatic N) is 2. The molecular weight excluding hydrogens is 469 g/mol. The van der Waals surface area contributed by atoms with E-state index in [2.05, 4.69) is 14.9 Å². The molecule has 0 atom stereocenters. The third-order valence-electron chi connectivity index (χ3n) is 6.39. The summed E-state index contributed by atoms with van der Waals surface area (Å²) in [6.07, 6.45) is 2.34. The first-order chi connectivity index (χ1) is 17.8. The summed E-state index contributed by atoms with van der Waals surface area (Å²) >= 11 is 0. The summed E-state index contributed by atoms with van der Waals surface area (Å²) in [5.41, 5.74) is 4.73. The highest BCUT2D eigenvalue weighted by atomic mass is 19.1. The summed E-state index contributed by atoms with van der Waals surface area (Å²) in [5, 5.41) is 3.71. The summed E-state index contributed by atoms with van der Waals surface area (Å²) in [5.74, 6) is -0.929. The Morgan fingerprint density at radius 1 is 1.11 bits per heavy atom. The maximum Gasteiger partial charge on any atom is 0.338 e. The highest BCUT2D eigenvalue weighted by Crippen LogP contribution is 2.33. The zero-order valence-corrected chi connectivity index (χ0v) is 21.7. The van der Waals surface area contributed by atoms with Crippen LogP contribution in [0.1, 0.15) is 78.3 Å². The van der Waals surface area contributed by atoms with Crippen LogP contribution in [-0.2, 0) is 24.2 Å². The molecule has 6 nitrogen and oxygen atoms in total. The van der Waals surface area contributed by atoms with Crippen molar-refractivity contribution in [1.82, 2.24) is 14.9 Å². The van der Waals surface area contributed by atoms with Gasteiger partial charge >= 0.3 is 5.97 Å². The second-order valence-electron chi connectivity index (χ2n) is 9.24. The Labute approximate surface area is 218 Å². The minimum absolute atomic E-state index is 0. The van der Waals surface area contributed by atoms with E-state index in [0.29, 0.717) is 35.2 Å². The van der Waals surface area contributed by atoms with E-state index in [1.807, 2.05) is 45.0 Å². The molecule has 1 N–H and O–H groups in total. The lowest BCUT2D eigenvalue weighted by atomic mass is 10.0. The summed E-state index contributed by atoms with van der Waals surface area (Å²) in [4.78, 5) is 30.6. The average molecular weight is 504 g/mol. The lowest BCUT2D eigenvalue weighted by Gasteiger charge is -2.15. The number of carbonyl (C=O) groups is 2. The highest BCUT2D eigenvalue weighted by Gasteiger charge is 2.26. The number of aromatic nitrogens is 2. The van der Waals surface area contributed by atoms with Gasteiger partial charge in [-0.25, -0.2) is 9.18 Å². The number of carbonyl (C=O) groups excluding carboxylic acids is 2. The van der Waals surface area contributed by atoms with Crippen LogP contribution in [-0.4, -0.2) is 28.0 Å². The Morgan fingerprint density at radius 2 is 1.92 bits per heavy atom. The molecule has 0 bridgehead atoms. The molecule has 0 aliphatic carbocycles. The monoisotopic (exact) mass is 503 g/mol. The molecule has 0 radical (unpaired) electrons. The number of hydrogen-bond acceptors (Lipinski definition) is 4. The van der Waals surface area contributed by atoms with Crippen molar-refractivity contribution in [3.63, 3.8) is 0 Å². The molecular formula is C30H34FN3O3. The van der Waals surface area contributed by atoms with Crippen LogP contribution >= 0.6 is 0 Å². The first kappa shape index (κ1) is 26.1. The first-order valence-corrected chi connectivity index (χ1v) is 12.6. The summed E-state index contributed by atoms with van der Waals surface area (Å²) < 4.78 is 21.5. The minimum atomic E-state index is -0.412. The number of pyridine rings is 1.